The number of carboxylic acid groups (broad SMARTS) is 1. The number of carboxylic acids is 1. The lowest BCUT2D eigenvalue weighted by Gasteiger charge is -2.16. The second kappa shape index (κ2) is 3.06. The minimum Gasteiger partial charge on any atom is -0.508 e. The molecule has 0 spiro atoms. The number of phenols is 1. The number of aliphatic carboxylic acids is 1. The molecule has 0 fully saturated rings. The van der Waals surface area contributed by atoms with Crippen molar-refractivity contribution in [1.82, 2.24) is 0 Å². The number of benzene rings is 1. The maximum absolute atomic E-state index is 10.6. The summed E-state index contributed by atoms with van der Waals surface area (Å²) < 4.78 is 5.08. The highest BCUT2D eigenvalue weighted by molar-refractivity contribution is 5.85. The first-order chi connectivity index (χ1) is 6.68. The van der Waals surface area contributed by atoms with E-state index in [2.05, 4.69) is 0 Å². The second-order valence-corrected chi connectivity index (χ2v) is 2.93. The number of hydrogen-bond donors (Lipinski definition) is 2. The Morgan fingerprint density at radius 2 is 2.21 bits per heavy atom. The molecule has 0 saturated heterocycles. The number of allylic oxidation sites excluding steroid dienone is 1. The lowest BCUT2D eigenvalue weighted by molar-refractivity contribution is -0.135. The van der Waals surface area contributed by atoms with Crippen molar-refractivity contribution >= 4 is 5.97 Å². The van der Waals surface area contributed by atoms with Gasteiger partial charge in [0.2, 0.25) is 5.76 Å². The number of aromatic hydroxyl groups is 1. The van der Waals surface area contributed by atoms with E-state index >= 15 is 0 Å². The molecular weight excluding hydrogens is 184 g/mol. The summed E-state index contributed by atoms with van der Waals surface area (Å²) in [5.41, 5.74) is 0.623. The number of ether oxygens (including phenoxy) is 1. The van der Waals surface area contributed by atoms with Crippen LogP contribution in [0, 0.1) is 0 Å². The third kappa shape index (κ3) is 1.31. The van der Waals surface area contributed by atoms with E-state index < -0.39 is 5.97 Å². The Morgan fingerprint density at radius 3 is 2.93 bits per heavy atom. The smallest absolute Gasteiger partial charge is 0.371 e. The monoisotopic (exact) mass is 192 g/mol. The van der Waals surface area contributed by atoms with E-state index in [4.69, 9.17) is 9.84 Å². The van der Waals surface area contributed by atoms with E-state index in [0.717, 1.165) is 0 Å². The van der Waals surface area contributed by atoms with Gasteiger partial charge in [0.15, 0.2) is 0 Å². The zero-order chi connectivity index (χ0) is 10.1. The zero-order valence-electron chi connectivity index (χ0n) is 7.23. The minimum absolute atomic E-state index is 0.0944. The quantitative estimate of drug-likeness (QED) is 0.703. The molecule has 1 heterocycles. The van der Waals surface area contributed by atoms with E-state index in [-0.39, 0.29) is 11.5 Å². The first-order valence-electron chi connectivity index (χ1n) is 4.10. The molecule has 72 valence electrons. The first kappa shape index (κ1) is 8.62. The maximum atomic E-state index is 10.6. The molecule has 4 heteroatoms. The predicted octanol–water partition coefficient (Wildman–Crippen LogP) is 1.30. The average molecular weight is 192 g/mol. The number of hydrogen-bond acceptors (Lipinski definition) is 3. The van der Waals surface area contributed by atoms with E-state index in [1.807, 2.05) is 0 Å². The molecule has 1 aromatic carbocycles. The van der Waals surface area contributed by atoms with E-state index in [1.54, 1.807) is 18.2 Å². The molecule has 0 aromatic heterocycles. The topological polar surface area (TPSA) is 66.8 Å². The fourth-order valence-corrected chi connectivity index (χ4v) is 1.34. The van der Waals surface area contributed by atoms with Crippen molar-refractivity contribution in [2.24, 2.45) is 0 Å². The summed E-state index contributed by atoms with van der Waals surface area (Å²) in [6.07, 6.45) is 1.81. The van der Waals surface area contributed by atoms with Crippen LogP contribution in [0.15, 0.2) is 30.0 Å². The summed E-state index contributed by atoms with van der Waals surface area (Å²) in [5, 5.41) is 18.1. The van der Waals surface area contributed by atoms with Crippen molar-refractivity contribution in [2.45, 2.75) is 6.42 Å². The van der Waals surface area contributed by atoms with Gasteiger partial charge in [-0.3, -0.25) is 0 Å². The summed E-state index contributed by atoms with van der Waals surface area (Å²) in [6, 6.07) is 4.78. The van der Waals surface area contributed by atoms with Gasteiger partial charge < -0.3 is 14.9 Å². The Balaban J connectivity index is 2.39. The van der Waals surface area contributed by atoms with E-state index in [0.29, 0.717) is 17.7 Å². The van der Waals surface area contributed by atoms with Crippen LogP contribution in [-0.4, -0.2) is 16.2 Å². The van der Waals surface area contributed by atoms with Gasteiger partial charge in [-0.1, -0.05) is 6.07 Å². The van der Waals surface area contributed by atoms with Crippen LogP contribution in [-0.2, 0) is 11.2 Å². The molecule has 1 aromatic rings. The Labute approximate surface area is 80.1 Å². The summed E-state index contributed by atoms with van der Waals surface area (Å²) in [5.74, 6) is -0.657. The van der Waals surface area contributed by atoms with Crippen LogP contribution < -0.4 is 4.74 Å². The van der Waals surface area contributed by atoms with Gasteiger partial charge in [-0.2, -0.15) is 0 Å². The van der Waals surface area contributed by atoms with Gasteiger partial charge in [0.1, 0.15) is 11.5 Å². The molecule has 2 N–H and O–H groups in total. The highest BCUT2D eigenvalue weighted by atomic mass is 16.5. The number of phenolic OH excluding ortho intramolecular Hbond substituents is 1. The highest BCUT2D eigenvalue weighted by Crippen LogP contribution is 2.32. The van der Waals surface area contributed by atoms with Crippen LogP contribution >= 0.6 is 0 Å². The minimum atomic E-state index is -1.10. The molecule has 2 rings (SSSR count). The molecule has 1 aliphatic heterocycles. The van der Waals surface area contributed by atoms with Crippen LogP contribution in [0.5, 0.6) is 11.5 Å². The molecule has 0 atom stereocenters. The summed E-state index contributed by atoms with van der Waals surface area (Å²) in [6.45, 7) is 0. The average Bonchev–Trinajstić information content (AvgIpc) is 2.17. The lowest BCUT2D eigenvalue weighted by atomic mass is 10.1. The molecule has 1 aliphatic rings. The standard InChI is InChI=1S/C10H8O4/c11-7-2-1-3-8-6(7)4-5-9(14-8)10(12)13/h1-3,5,11H,4H2,(H,12,13). The Morgan fingerprint density at radius 1 is 1.43 bits per heavy atom. The van der Waals surface area contributed by atoms with Crippen molar-refractivity contribution in [3.63, 3.8) is 0 Å². The molecule has 0 unspecified atom stereocenters. The molecule has 0 saturated carbocycles. The van der Waals surface area contributed by atoms with E-state index in [9.17, 15) is 9.90 Å². The van der Waals surface area contributed by atoms with Gasteiger partial charge in [-0.25, -0.2) is 4.79 Å². The largest absolute Gasteiger partial charge is 0.508 e. The third-order valence-corrected chi connectivity index (χ3v) is 2.03. The van der Waals surface area contributed by atoms with Crippen LogP contribution in [0.25, 0.3) is 0 Å². The van der Waals surface area contributed by atoms with E-state index in [1.165, 1.54) is 6.08 Å². The Hall–Kier alpha value is -1.97. The Bertz CT molecular complexity index is 420. The number of fused-ring (bicyclic) bond motifs is 1. The van der Waals surface area contributed by atoms with Gasteiger partial charge in [-0.15, -0.1) is 0 Å². The third-order valence-electron chi connectivity index (χ3n) is 2.03. The van der Waals surface area contributed by atoms with Crippen LogP contribution in [0.2, 0.25) is 0 Å². The van der Waals surface area contributed by atoms with Crippen LogP contribution in [0.4, 0.5) is 0 Å². The summed E-state index contributed by atoms with van der Waals surface area (Å²) in [7, 11) is 0. The molecule has 0 aliphatic carbocycles. The predicted molar refractivity (Wildman–Crippen MR) is 48.2 cm³/mol. The molecule has 0 radical (unpaired) electrons. The van der Waals surface area contributed by atoms with Gasteiger partial charge >= 0.3 is 5.97 Å². The lowest BCUT2D eigenvalue weighted by Crippen LogP contribution is -2.12. The van der Waals surface area contributed by atoms with Crippen molar-refractivity contribution in [3.05, 3.63) is 35.6 Å². The van der Waals surface area contributed by atoms with Gasteiger partial charge in [0.05, 0.1) is 0 Å². The van der Waals surface area contributed by atoms with Crippen molar-refractivity contribution in [3.8, 4) is 11.5 Å². The summed E-state index contributed by atoms with van der Waals surface area (Å²) in [4.78, 5) is 10.6. The van der Waals surface area contributed by atoms with Gasteiger partial charge in [0, 0.05) is 12.0 Å². The van der Waals surface area contributed by atoms with Gasteiger partial charge in [0.25, 0.3) is 0 Å². The maximum Gasteiger partial charge on any atom is 0.371 e. The molecular formula is C10H8O4. The molecule has 14 heavy (non-hydrogen) atoms. The normalized spacial score (nSPS) is 13.9. The highest BCUT2D eigenvalue weighted by Gasteiger charge is 2.19. The summed E-state index contributed by atoms with van der Waals surface area (Å²) >= 11 is 0. The zero-order valence-corrected chi connectivity index (χ0v) is 7.23. The molecule has 0 bridgehead atoms. The van der Waals surface area contributed by atoms with Crippen molar-refractivity contribution in [2.75, 3.05) is 0 Å². The first-order valence-corrected chi connectivity index (χ1v) is 4.10. The number of carbonyl (C=O) groups is 1. The van der Waals surface area contributed by atoms with Crippen molar-refractivity contribution < 1.29 is 19.7 Å². The Kier molecular flexibility index (Phi) is 1.89. The van der Waals surface area contributed by atoms with Gasteiger partial charge in [-0.05, 0) is 18.2 Å². The van der Waals surface area contributed by atoms with Crippen LogP contribution in [0.3, 0.4) is 0 Å². The second-order valence-electron chi connectivity index (χ2n) is 2.93. The number of rotatable bonds is 1. The molecule has 4 nitrogen and oxygen atoms in total. The fraction of sp³-hybridized carbons (Fsp3) is 0.100. The van der Waals surface area contributed by atoms with Crippen LogP contribution in [0.1, 0.15) is 5.56 Å². The SMILES string of the molecule is O=C(O)C1=CCc2c(O)cccc2O1. The molecule has 0 amide bonds. The van der Waals surface area contributed by atoms with Crippen molar-refractivity contribution in [1.29, 1.82) is 0 Å². The fourth-order valence-electron chi connectivity index (χ4n) is 1.34.